The summed E-state index contributed by atoms with van der Waals surface area (Å²) < 4.78 is 0. The average molecular weight is 218 g/mol. The second-order valence-electron chi connectivity index (χ2n) is 3.02. The minimum atomic E-state index is 0.999. The molecule has 76 valence electrons. The van der Waals surface area contributed by atoms with Gasteiger partial charge in [-0.2, -0.15) is 11.8 Å². The molecule has 0 fully saturated rings. The van der Waals surface area contributed by atoms with Gasteiger partial charge in [-0.1, -0.05) is 18.2 Å². The van der Waals surface area contributed by atoms with E-state index >= 15 is 0 Å². The van der Waals surface area contributed by atoms with Crippen LogP contribution in [-0.2, 0) is 0 Å². The van der Waals surface area contributed by atoms with Gasteiger partial charge in [0.2, 0.25) is 0 Å². The van der Waals surface area contributed by atoms with Gasteiger partial charge in [-0.3, -0.25) is 4.99 Å². The molecular formula is C9H18N2S2. The van der Waals surface area contributed by atoms with E-state index < -0.39 is 0 Å². The van der Waals surface area contributed by atoms with Crippen molar-refractivity contribution in [3.63, 3.8) is 0 Å². The maximum atomic E-state index is 4.33. The fourth-order valence-electron chi connectivity index (χ4n) is 1.19. The van der Waals surface area contributed by atoms with E-state index in [1.165, 1.54) is 25.0 Å². The molecule has 0 aromatic rings. The lowest BCUT2D eigenvalue weighted by molar-refractivity contribution is 0.702. The first-order valence-electron chi connectivity index (χ1n) is 4.83. The molecule has 1 rings (SSSR count). The van der Waals surface area contributed by atoms with Crippen LogP contribution < -0.4 is 5.32 Å². The van der Waals surface area contributed by atoms with Crippen molar-refractivity contribution >= 4 is 28.7 Å². The highest BCUT2D eigenvalue weighted by atomic mass is 32.2. The maximum Gasteiger partial charge on any atom is 0.156 e. The van der Waals surface area contributed by atoms with E-state index in [2.05, 4.69) is 16.6 Å². The number of hydrogen-bond acceptors (Lipinski definition) is 4. The number of nitrogens with one attached hydrogen (secondary N) is 1. The molecule has 13 heavy (non-hydrogen) atoms. The lowest BCUT2D eigenvalue weighted by Crippen LogP contribution is -2.19. The zero-order chi connectivity index (χ0) is 9.36. The number of amidine groups is 1. The molecule has 0 spiro atoms. The topological polar surface area (TPSA) is 24.4 Å². The van der Waals surface area contributed by atoms with Crippen LogP contribution in [0.4, 0.5) is 0 Å². The third-order valence-corrected chi connectivity index (χ3v) is 3.52. The Labute approximate surface area is 89.3 Å². The van der Waals surface area contributed by atoms with Crippen LogP contribution in [0.2, 0.25) is 0 Å². The minimum Gasteiger partial charge on any atom is -0.365 e. The standard InChI is InChI=1S/C9H18N2S2/c1-12-7-4-2-3-5-10-9-11-6-8-13-9/h2-8H2,1H3,(H,10,11). The summed E-state index contributed by atoms with van der Waals surface area (Å²) in [5.41, 5.74) is 0. The molecule has 1 aliphatic heterocycles. The number of rotatable bonds is 6. The molecule has 0 unspecified atom stereocenters. The van der Waals surface area contributed by atoms with E-state index in [4.69, 9.17) is 0 Å². The molecule has 0 saturated carbocycles. The van der Waals surface area contributed by atoms with Crippen molar-refractivity contribution in [3.05, 3.63) is 0 Å². The summed E-state index contributed by atoms with van der Waals surface area (Å²) in [5, 5.41) is 4.52. The molecule has 0 aliphatic carbocycles. The summed E-state index contributed by atoms with van der Waals surface area (Å²) in [5.74, 6) is 2.46. The molecule has 0 aromatic heterocycles. The third kappa shape index (κ3) is 5.47. The van der Waals surface area contributed by atoms with E-state index in [9.17, 15) is 0 Å². The van der Waals surface area contributed by atoms with E-state index in [1.54, 1.807) is 0 Å². The fourth-order valence-corrected chi connectivity index (χ4v) is 2.44. The maximum absolute atomic E-state index is 4.33. The van der Waals surface area contributed by atoms with E-state index in [0.717, 1.165) is 24.0 Å². The van der Waals surface area contributed by atoms with Gasteiger partial charge in [0.15, 0.2) is 5.17 Å². The first-order chi connectivity index (χ1) is 6.43. The Bertz CT molecular complexity index is 160. The smallest absolute Gasteiger partial charge is 0.156 e. The quantitative estimate of drug-likeness (QED) is 0.692. The Morgan fingerprint density at radius 1 is 1.46 bits per heavy atom. The van der Waals surface area contributed by atoms with Crippen molar-refractivity contribution in [1.29, 1.82) is 0 Å². The summed E-state index contributed by atoms with van der Waals surface area (Å²) >= 11 is 3.78. The second-order valence-corrected chi connectivity index (χ2v) is 5.08. The molecule has 2 nitrogen and oxygen atoms in total. The molecule has 0 bridgehead atoms. The van der Waals surface area contributed by atoms with E-state index in [1.807, 2.05) is 23.5 Å². The average Bonchev–Trinajstić information content (AvgIpc) is 2.63. The Hall–Kier alpha value is 0.170. The van der Waals surface area contributed by atoms with Gasteiger partial charge in [-0.15, -0.1) is 0 Å². The molecule has 0 saturated heterocycles. The van der Waals surface area contributed by atoms with Crippen molar-refractivity contribution in [1.82, 2.24) is 5.32 Å². The monoisotopic (exact) mass is 218 g/mol. The van der Waals surface area contributed by atoms with Crippen LogP contribution in [0, 0.1) is 0 Å². The van der Waals surface area contributed by atoms with Crippen LogP contribution in [0.1, 0.15) is 19.3 Å². The highest BCUT2D eigenvalue weighted by Crippen LogP contribution is 2.09. The molecule has 0 aromatic carbocycles. The Morgan fingerprint density at radius 2 is 2.38 bits per heavy atom. The molecule has 0 amide bonds. The predicted molar refractivity (Wildman–Crippen MR) is 65.0 cm³/mol. The van der Waals surface area contributed by atoms with E-state index in [-0.39, 0.29) is 0 Å². The molecule has 1 N–H and O–H groups in total. The lowest BCUT2D eigenvalue weighted by Gasteiger charge is -2.03. The van der Waals surface area contributed by atoms with Gasteiger partial charge in [0.05, 0.1) is 6.54 Å². The number of thioether (sulfide) groups is 2. The highest BCUT2D eigenvalue weighted by Gasteiger charge is 2.04. The van der Waals surface area contributed by atoms with Crippen LogP contribution in [0.25, 0.3) is 0 Å². The normalized spacial score (nSPS) is 15.9. The summed E-state index contributed by atoms with van der Waals surface area (Å²) in [6.07, 6.45) is 6.14. The van der Waals surface area contributed by atoms with Gasteiger partial charge in [0, 0.05) is 12.3 Å². The first kappa shape index (κ1) is 11.2. The molecule has 0 radical (unpaired) electrons. The zero-order valence-electron chi connectivity index (χ0n) is 8.21. The number of unbranched alkanes of at least 4 members (excludes halogenated alkanes) is 2. The SMILES string of the molecule is CSCCCCCNC1=NCCS1. The summed E-state index contributed by atoms with van der Waals surface area (Å²) in [7, 11) is 0. The van der Waals surface area contributed by atoms with Crippen molar-refractivity contribution in [2.75, 3.05) is 30.9 Å². The van der Waals surface area contributed by atoms with Gasteiger partial charge in [0.1, 0.15) is 0 Å². The summed E-state index contributed by atoms with van der Waals surface area (Å²) in [4.78, 5) is 4.33. The van der Waals surface area contributed by atoms with Crippen LogP contribution >= 0.6 is 23.5 Å². The lowest BCUT2D eigenvalue weighted by atomic mass is 10.2. The van der Waals surface area contributed by atoms with E-state index in [0.29, 0.717) is 0 Å². The molecule has 0 atom stereocenters. The van der Waals surface area contributed by atoms with Gasteiger partial charge in [-0.05, 0) is 24.9 Å². The number of hydrogen-bond donors (Lipinski definition) is 1. The van der Waals surface area contributed by atoms with Gasteiger partial charge in [0.25, 0.3) is 0 Å². The van der Waals surface area contributed by atoms with Crippen molar-refractivity contribution in [3.8, 4) is 0 Å². The van der Waals surface area contributed by atoms with Gasteiger partial charge < -0.3 is 5.32 Å². The fraction of sp³-hybridized carbons (Fsp3) is 0.889. The largest absolute Gasteiger partial charge is 0.365 e. The van der Waals surface area contributed by atoms with Gasteiger partial charge in [-0.25, -0.2) is 0 Å². The van der Waals surface area contributed by atoms with Gasteiger partial charge >= 0.3 is 0 Å². The Kier molecular flexibility index (Phi) is 6.54. The summed E-state index contributed by atoms with van der Waals surface area (Å²) in [6, 6.07) is 0. The van der Waals surface area contributed by atoms with Crippen molar-refractivity contribution < 1.29 is 0 Å². The van der Waals surface area contributed by atoms with Crippen molar-refractivity contribution in [2.24, 2.45) is 4.99 Å². The minimum absolute atomic E-state index is 0.999. The Balaban J connectivity index is 1.83. The van der Waals surface area contributed by atoms with Crippen LogP contribution in [0.5, 0.6) is 0 Å². The zero-order valence-corrected chi connectivity index (χ0v) is 9.85. The Morgan fingerprint density at radius 3 is 3.08 bits per heavy atom. The number of aliphatic imine (C=N–C) groups is 1. The highest BCUT2D eigenvalue weighted by molar-refractivity contribution is 8.14. The third-order valence-electron chi connectivity index (χ3n) is 1.89. The molecular weight excluding hydrogens is 200 g/mol. The van der Waals surface area contributed by atoms with Crippen molar-refractivity contribution in [2.45, 2.75) is 19.3 Å². The summed E-state index contributed by atoms with van der Waals surface area (Å²) in [6.45, 7) is 2.10. The van der Waals surface area contributed by atoms with Crippen LogP contribution in [-0.4, -0.2) is 36.0 Å². The molecule has 4 heteroatoms. The number of nitrogens with zero attached hydrogens (tertiary/aromatic N) is 1. The predicted octanol–water partition coefficient (Wildman–Crippen LogP) is 2.21. The van der Waals surface area contributed by atoms with Crippen LogP contribution in [0.3, 0.4) is 0 Å². The van der Waals surface area contributed by atoms with Crippen LogP contribution in [0.15, 0.2) is 4.99 Å². The second kappa shape index (κ2) is 7.56. The molecule has 1 heterocycles. The molecule has 1 aliphatic rings. The first-order valence-corrected chi connectivity index (χ1v) is 7.21.